The van der Waals surface area contributed by atoms with Crippen LogP contribution in [0.25, 0.3) is 0 Å². The maximum absolute atomic E-state index is 6.09. The molecule has 1 aromatic heterocycles. The highest BCUT2D eigenvalue weighted by Gasteiger charge is 2.11. The van der Waals surface area contributed by atoms with E-state index < -0.39 is 0 Å². The van der Waals surface area contributed by atoms with Gasteiger partial charge in [-0.05, 0) is 18.1 Å². The fourth-order valence-electron chi connectivity index (χ4n) is 1.65. The van der Waals surface area contributed by atoms with Crippen LogP contribution in [-0.4, -0.2) is 9.97 Å². The Balaban J connectivity index is 2.34. The summed E-state index contributed by atoms with van der Waals surface area (Å²) in [6.45, 7) is 1.96. The molecule has 0 aliphatic rings. The first-order chi connectivity index (χ1) is 8.61. The van der Waals surface area contributed by atoms with Crippen molar-refractivity contribution in [3.05, 3.63) is 56.5 Å². The summed E-state index contributed by atoms with van der Waals surface area (Å²) in [7, 11) is 0. The van der Waals surface area contributed by atoms with E-state index >= 15 is 0 Å². The van der Waals surface area contributed by atoms with E-state index in [1.165, 1.54) is 0 Å². The van der Waals surface area contributed by atoms with Gasteiger partial charge >= 0.3 is 0 Å². The van der Waals surface area contributed by atoms with Crippen LogP contribution in [0.4, 0.5) is 0 Å². The molecule has 5 heteroatoms. The van der Waals surface area contributed by atoms with Gasteiger partial charge in [0.15, 0.2) is 0 Å². The molecule has 0 radical (unpaired) electrons. The van der Waals surface area contributed by atoms with Gasteiger partial charge in [0.2, 0.25) is 0 Å². The zero-order valence-electron chi connectivity index (χ0n) is 9.75. The van der Waals surface area contributed by atoms with Crippen LogP contribution in [0.3, 0.4) is 0 Å². The number of rotatable bonds is 3. The normalized spacial score (nSPS) is 10.7. The highest BCUT2D eigenvalue weighted by atomic mass is 35.5. The lowest BCUT2D eigenvalue weighted by molar-refractivity contribution is 0.936. The molecule has 0 aliphatic heterocycles. The molecular weight excluding hydrogens is 291 g/mol. The number of aromatic nitrogens is 2. The summed E-state index contributed by atoms with van der Waals surface area (Å²) in [5.41, 5.74) is 1.73. The van der Waals surface area contributed by atoms with Crippen LogP contribution in [0.1, 0.15) is 23.9 Å². The third kappa shape index (κ3) is 2.94. The lowest BCUT2D eigenvalue weighted by atomic mass is 10.1. The molecule has 0 atom stereocenters. The van der Waals surface area contributed by atoms with Crippen LogP contribution in [-0.2, 0) is 12.8 Å². The second kappa shape index (κ2) is 5.87. The number of halogens is 3. The fraction of sp³-hybridized carbons (Fsp3) is 0.231. The van der Waals surface area contributed by atoms with Gasteiger partial charge in [-0.3, -0.25) is 0 Å². The zero-order valence-corrected chi connectivity index (χ0v) is 12.0. The minimum absolute atomic E-state index is 0.416. The van der Waals surface area contributed by atoms with Gasteiger partial charge in [-0.25, -0.2) is 9.97 Å². The molecule has 0 fully saturated rings. The van der Waals surface area contributed by atoms with Crippen molar-refractivity contribution in [2.24, 2.45) is 0 Å². The van der Waals surface area contributed by atoms with E-state index in [2.05, 4.69) is 9.97 Å². The van der Waals surface area contributed by atoms with Gasteiger partial charge in [0, 0.05) is 17.0 Å². The van der Waals surface area contributed by atoms with Crippen molar-refractivity contribution in [3.63, 3.8) is 0 Å². The van der Waals surface area contributed by atoms with E-state index in [-0.39, 0.29) is 0 Å². The van der Waals surface area contributed by atoms with Crippen molar-refractivity contribution < 1.29 is 0 Å². The van der Waals surface area contributed by atoms with Gasteiger partial charge in [-0.2, -0.15) is 0 Å². The predicted octanol–water partition coefficient (Wildman–Crippen LogP) is 4.59. The molecule has 0 aliphatic carbocycles. The van der Waals surface area contributed by atoms with Crippen LogP contribution < -0.4 is 0 Å². The molecule has 1 aromatic carbocycles. The Kier molecular flexibility index (Phi) is 4.44. The highest BCUT2D eigenvalue weighted by molar-refractivity contribution is 6.34. The van der Waals surface area contributed by atoms with Gasteiger partial charge in [0.1, 0.15) is 16.1 Å². The quantitative estimate of drug-likeness (QED) is 0.775. The second-order valence-electron chi connectivity index (χ2n) is 3.82. The Morgan fingerprint density at radius 3 is 2.17 bits per heavy atom. The molecule has 18 heavy (non-hydrogen) atoms. The Morgan fingerprint density at radius 1 is 1.00 bits per heavy atom. The molecule has 0 saturated heterocycles. The number of benzene rings is 1. The average molecular weight is 302 g/mol. The van der Waals surface area contributed by atoms with E-state index in [9.17, 15) is 0 Å². The van der Waals surface area contributed by atoms with E-state index in [4.69, 9.17) is 34.8 Å². The summed E-state index contributed by atoms with van der Waals surface area (Å²) in [6.07, 6.45) is 1.23. The highest BCUT2D eigenvalue weighted by Crippen LogP contribution is 2.24. The second-order valence-corrected chi connectivity index (χ2v) is 4.94. The molecule has 0 unspecified atom stereocenters. The van der Waals surface area contributed by atoms with Crippen molar-refractivity contribution in [2.75, 3.05) is 0 Å². The molecule has 0 bridgehead atoms. The Bertz CT molecular complexity index is 547. The number of hydrogen-bond acceptors (Lipinski definition) is 2. The van der Waals surface area contributed by atoms with Crippen LogP contribution in [0.5, 0.6) is 0 Å². The monoisotopic (exact) mass is 300 g/mol. The SMILES string of the molecule is CCc1c(Cl)nc(Cc2ccccc2Cl)nc1Cl. The van der Waals surface area contributed by atoms with E-state index in [1.807, 2.05) is 31.2 Å². The summed E-state index contributed by atoms with van der Waals surface area (Å²) >= 11 is 18.2. The minimum atomic E-state index is 0.416. The third-order valence-electron chi connectivity index (χ3n) is 2.61. The minimum Gasteiger partial charge on any atom is -0.220 e. The summed E-state index contributed by atoms with van der Waals surface area (Å²) in [6, 6.07) is 7.57. The first-order valence-electron chi connectivity index (χ1n) is 5.56. The molecule has 0 N–H and O–H groups in total. The summed E-state index contributed by atoms with van der Waals surface area (Å²) in [4.78, 5) is 8.50. The van der Waals surface area contributed by atoms with Crippen LogP contribution in [0.2, 0.25) is 15.3 Å². The van der Waals surface area contributed by atoms with Gasteiger partial charge < -0.3 is 0 Å². The number of hydrogen-bond donors (Lipinski definition) is 0. The van der Waals surface area contributed by atoms with Gasteiger partial charge in [-0.1, -0.05) is 59.9 Å². The van der Waals surface area contributed by atoms with Crippen LogP contribution >= 0.6 is 34.8 Å². The van der Waals surface area contributed by atoms with E-state index in [1.54, 1.807) is 0 Å². The molecule has 0 spiro atoms. The van der Waals surface area contributed by atoms with Crippen molar-refractivity contribution in [3.8, 4) is 0 Å². The van der Waals surface area contributed by atoms with Gasteiger partial charge in [-0.15, -0.1) is 0 Å². The molecular formula is C13H11Cl3N2. The summed E-state index contributed by atoms with van der Waals surface area (Å²) in [5.74, 6) is 0.579. The molecule has 0 amide bonds. The number of nitrogens with zero attached hydrogens (tertiary/aromatic N) is 2. The van der Waals surface area contributed by atoms with Gasteiger partial charge in [0.05, 0.1) is 0 Å². The summed E-state index contributed by atoms with van der Waals surface area (Å²) in [5, 5.41) is 1.52. The molecule has 94 valence electrons. The fourth-order valence-corrected chi connectivity index (χ4v) is 2.55. The Morgan fingerprint density at radius 2 is 1.61 bits per heavy atom. The maximum Gasteiger partial charge on any atom is 0.137 e. The standard InChI is InChI=1S/C13H11Cl3N2/c1-2-9-12(15)17-11(18-13(9)16)7-8-5-3-4-6-10(8)14/h3-6H,2,7H2,1H3. The van der Waals surface area contributed by atoms with Crippen molar-refractivity contribution in [2.45, 2.75) is 19.8 Å². The topological polar surface area (TPSA) is 25.8 Å². The average Bonchev–Trinajstić information content (AvgIpc) is 2.32. The predicted molar refractivity (Wildman–Crippen MR) is 75.7 cm³/mol. The molecule has 0 saturated carbocycles. The first kappa shape index (κ1) is 13.6. The molecule has 1 heterocycles. The molecule has 2 aromatic rings. The third-order valence-corrected chi connectivity index (χ3v) is 3.61. The van der Waals surface area contributed by atoms with Crippen molar-refractivity contribution in [1.82, 2.24) is 9.97 Å². The lowest BCUT2D eigenvalue weighted by Gasteiger charge is -2.07. The van der Waals surface area contributed by atoms with E-state index in [0.717, 1.165) is 11.1 Å². The van der Waals surface area contributed by atoms with E-state index in [0.29, 0.717) is 34.0 Å². The molecule has 2 rings (SSSR count). The van der Waals surface area contributed by atoms with Crippen LogP contribution in [0.15, 0.2) is 24.3 Å². The first-order valence-corrected chi connectivity index (χ1v) is 6.69. The maximum atomic E-state index is 6.09. The van der Waals surface area contributed by atoms with Gasteiger partial charge in [0.25, 0.3) is 0 Å². The Labute approximate surface area is 121 Å². The lowest BCUT2D eigenvalue weighted by Crippen LogP contribution is -2.01. The zero-order chi connectivity index (χ0) is 13.1. The van der Waals surface area contributed by atoms with Crippen LogP contribution in [0, 0.1) is 0 Å². The van der Waals surface area contributed by atoms with Crippen molar-refractivity contribution >= 4 is 34.8 Å². The smallest absolute Gasteiger partial charge is 0.137 e. The molecule has 2 nitrogen and oxygen atoms in total. The largest absolute Gasteiger partial charge is 0.220 e. The Hall–Kier alpha value is -0.830. The van der Waals surface area contributed by atoms with Crippen molar-refractivity contribution in [1.29, 1.82) is 0 Å². The summed E-state index contributed by atoms with van der Waals surface area (Å²) < 4.78 is 0.